The molecule has 8 aromatic carbocycles. The van der Waals surface area contributed by atoms with Crippen LogP contribution in [-0.2, 0) is 11.8 Å². The number of para-hydroxylation sites is 2. The van der Waals surface area contributed by atoms with Crippen LogP contribution in [0, 0.1) is 6.92 Å². The van der Waals surface area contributed by atoms with Crippen LogP contribution in [0.1, 0.15) is 62.3 Å². The summed E-state index contributed by atoms with van der Waals surface area (Å²) in [5, 5.41) is 8.17. The van der Waals surface area contributed by atoms with Gasteiger partial charge in [0.2, 0.25) is 0 Å². The van der Waals surface area contributed by atoms with Gasteiger partial charge in [-0.25, -0.2) is 0 Å². The van der Waals surface area contributed by atoms with Crippen LogP contribution in [0.5, 0.6) is 0 Å². The maximum atomic E-state index is 2.58. The molecule has 0 unspecified atom stereocenters. The number of aryl methyl sites for hydroxylation is 2. The summed E-state index contributed by atoms with van der Waals surface area (Å²) < 4.78 is 0. The molecule has 0 aromatic heterocycles. The zero-order valence-corrected chi connectivity index (χ0v) is 32.6. The van der Waals surface area contributed by atoms with Crippen molar-refractivity contribution >= 4 is 72.1 Å². The highest BCUT2D eigenvalue weighted by molar-refractivity contribution is 6.30. The van der Waals surface area contributed by atoms with Crippen LogP contribution < -0.4 is 14.7 Å². The molecule has 8 aromatic rings. The molecule has 0 heterocycles. The maximum Gasteiger partial charge on any atom is 0.0543 e. The molecule has 0 aliphatic heterocycles. The molecule has 0 atom stereocenters. The minimum atomic E-state index is 0.0212. The molecular formula is C51H49N3. The minimum absolute atomic E-state index is 0.0212. The molecule has 9 rings (SSSR count). The third-order valence-electron chi connectivity index (χ3n) is 11.8. The summed E-state index contributed by atoms with van der Waals surface area (Å²) in [4.78, 5) is 7.18. The fraction of sp³-hybridized carbons (Fsp3) is 0.216. The second kappa shape index (κ2) is 13.0. The third-order valence-corrected chi connectivity index (χ3v) is 11.8. The van der Waals surface area contributed by atoms with Gasteiger partial charge in [0.05, 0.1) is 11.4 Å². The van der Waals surface area contributed by atoms with E-state index in [1.807, 2.05) is 0 Å². The zero-order valence-electron chi connectivity index (χ0n) is 32.6. The molecule has 3 nitrogen and oxygen atoms in total. The van der Waals surface area contributed by atoms with E-state index >= 15 is 0 Å². The van der Waals surface area contributed by atoms with E-state index in [9.17, 15) is 0 Å². The Bertz CT molecular complexity index is 2650. The predicted octanol–water partition coefficient (Wildman–Crippen LogP) is 14.2. The topological polar surface area (TPSA) is 9.72 Å². The van der Waals surface area contributed by atoms with Gasteiger partial charge in [-0.15, -0.1) is 0 Å². The summed E-state index contributed by atoms with van der Waals surface area (Å²) in [6, 6.07) is 52.2. The Balaban J connectivity index is 1.46. The molecule has 0 amide bonds. The number of nitrogens with zero attached hydrogens (tertiary/aromatic N) is 3. The Morgan fingerprint density at radius 1 is 0.519 bits per heavy atom. The van der Waals surface area contributed by atoms with Gasteiger partial charge >= 0.3 is 0 Å². The van der Waals surface area contributed by atoms with Crippen LogP contribution in [0.15, 0.2) is 140 Å². The van der Waals surface area contributed by atoms with Crippen molar-refractivity contribution in [2.24, 2.45) is 0 Å². The molecule has 268 valence electrons. The highest BCUT2D eigenvalue weighted by atomic mass is 15.2. The van der Waals surface area contributed by atoms with E-state index in [0.717, 1.165) is 24.2 Å². The first-order valence-corrected chi connectivity index (χ1v) is 19.5. The van der Waals surface area contributed by atoms with Crippen LogP contribution in [0.3, 0.4) is 0 Å². The number of rotatable bonds is 8. The monoisotopic (exact) mass is 703 g/mol. The summed E-state index contributed by atoms with van der Waals surface area (Å²) in [6.45, 7) is 11.8. The van der Waals surface area contributed by atoms with E-state index in [4.69, 9.17) is 0 Å². The Labute approximate surface area is 320 Å². The molecular weight excluding hydrogens is 655 g/mol. The number of hydrogen-bond donors (Lipinski definition) is 0. The van der Waals surface area contributed by atoms with Gasteiger partial charge in [-0.05, 0) is 142 Å². The number of hydrogen-bond acceptors (Lipinski definition) is 3. The van der Waals surface area contributed by atoms with Crippen LogP contribution in [0.25, 0.3) is 32.3 Å². The lowest BCUT2D eigenvalue weighted by atomic mass is 9.70. The van der Waals surface area contributed by atoms with Crippen LogP contribution in [0.4, 0.5) is 39.8 Å². The summed E-state index contributed by atoms with van der Waals surface area (Å²) in [7, 11) is 4.24. The predicted molar refractivity (Wildman–Crippen MR) is 234 cm³/mol. The molecule has 0 spiro atoms. The van der Waals surface area contributed by atoms with Gasteiger partial charge < -0.3 is 14.7 Å². The molecule has 0 bridgehead atoms. The summed E-state index contributed by atoms with van der Waals surface area (Å²) >= 11 is 0. The fourth-order valence-electron chi connectivity index (χ4n) is 9.02. The lowest BCUT2D eigenvalue weighted by molar-refractivity contribution is 0.475. The highest BCUT2D eigenvalue weighted by Crippen LogP contribution is 2.54. The Morgan fingerprint density at radius 2 is 1.09 bits per heavy atom. The van der Waals surface area contributed by atoms with E-state index < -0.39 is 0 Å². The van der Waals surface area contributed by atoms with Crippen molar-refractivity contribution in [2.45, 2.75) is 58.8 Å². The van der Waals surface area contributed by atoms with Gasteiger partial charge in [0.25, 0.3) is 0 Å². The summed E-state index contributed by atoms with van der Waals surface area (Å²) in [5.41, 5.74) is 13.9. The molecule has 0 N–H and O–H groups in total. The molecule has 0 radical (unpaired) electrons. The SMILES string of the molecule is Cc1cccc(N(c2ccccc2)c2cc3c4c(cc5c(N(c6ccccc6)c6cccc(N(C)C)c6)cc(C(C)C)c6ccc2c4c65)C(C)(C)CC3)c1. The second-order valence-corrected chi connectivity index (χ2v) is 16.4. The fourth-order valence-corrected chi connectivity index (χ4v) is 9.02. The molecule has 0 fully saturated rings. The molecule has 54 heavy (non-hydrogen) atoms. The Kier molecular flexibility index (Phi) is 8.15. The lowest BCUT2D eigenvalue weighted by Crippen LogP contribution is -2.24. The largest absolute Gasteiger partial charge is 0.378 e. The Morgan fingerprint density at radius 3 is 1.72 bits per heavy atom. The van der Waals surface area contributed by atoms with Crippen molar-refractivity contribution in [2.75, 3.05) is 28.8 Å². The minimum Gasteiger partial charge on any atom is -0.378 e. The average Bonchev–Trinajstić information content (AvgIpc) is 3.17. The second-order valence-electron chi connectivity index (χ2n) is 16.4. The van der Waals surface area contributed by atoms with Gasteiger partial charge in [0.15, 0.2) is 0 Å². The highest BCUT2D eigenvalue weighted by Gasteiger charge is 2.34. The van der Waals surface area contributed by atoms with E-state index in [2.05, 4.69) is 203 Å². The molecule has 0 saturated heterocycles. The van der Waals surface area contributed by atoms with Gasteiger partial charge in [0, 0.05) is 58.7 Å². The van der Waals surface area contributed by atoms with Gasteiger partial charge in [0.1, 0.15) is 0 Å². The van der Waals surface area contributed by atoms with Crippen molar-refractivity contribution in [3.05, 3.63) is 162 Å². The number of anilines is 7. The first-order chi connectivity index (χ1) is 26.1. The van der Waals surface area contributed by atoms with Gasteiger partial charge in [-0.2, -0.15) is 0 Å². The zero-order chi connectivity index (χ0) is 37.3. The molecule has 3 heteroatoms. The van der Waals surface area contributed by atoms with Crippen molar-refractivity contribution in [1.29, 1.82) is 0 Å². The normalized spacial score (nSPS) is 13.6. The first-order valence-electron chi connectivity index (χ1n) is 19.5. The number of benzene rings is 8. The van der Waals surface area contributed by atoms with Crippen molar-refractivity contribution in [3.63, 3.8) is 0 Å². The average molecular weight is 704 g/mol. The van der Waals surface area contributed by atoms with Gasteiger partial charge in [-0.3, -0.25) is 0 Å². The van der Waals surface area contributed by atoms with Crippen molar-refractivity contribution in [3.8, 4) is 0 Å². The molecule has 1 aliphatic carbocycles. The molecule has 0 saturated carbocycles. The van der Waals surface area contributed by atoms with E-state index in [-0.39, 0.29) is 5.41 Å². The quantitative estimate of drug-likeness (QED) is 0.146. The molecule has 1 aliphatic rings. The smallest absolute Gasteiger partial charge is 0.0543 e. The first kappa shape index (κ1) is 34.0. The standard InChI is InChI=1S/C51H49N3/c1-33(2)43-32-47(54(37-19-12-9-13-20-37)40-23-15-21-38(30-40)52(6)7)44-31-45-48-35(26-27-51(45,4)5)29-46(42-25-24-41(43)49(44)50(42)48)53(36-17-10-8-11-18-36)39-22-14-16-34(3)28-39/h8-25,28-33H,26-27H2,1-7H3. The maximum absolute atomic E-state index is 2.58. The van der Waals surface area contributed by atoms with Gasteiger partial charge in [-0.1, -0.05) is 94.4 Å². The van der Waals surface area contributed by atoms with E-state index in [1.165, 1.54) is 83.0 Å². The summed E-state index contributed by atoms with van der Waals surface area (Å²) in [5.74, 6) is 0.329. The van der Waals surface area contributed by atoms with Crippen molar-refractivity contribution < 1.29 is 0 Å². The Hall–Kier alpha value is -5.80. The van der Waals surface area contributed by atoms with Crippen LogP contribution in [0.2, 0.25) is 0 Å². The third kappa shape index (κ3) is 5.48. The van der Waals surface area contributed by atoms with E-state index in [0.29, 0.717) is 5.92 Å². The van der Waals surface area contributed by atoms with E-state index in [1.54, 1.807) is 0 Å². The van der Waals surface area contributed by atoms with Crippen molar-refractivity contribution in [1.82, 2.24) is 0 Å². The summed E-state index contributed by atoms with van der Waals surface area (Å²) in [6.07, 6.45) is 2.15. The lowest BCUT2D eigenvalue weighted by Gasteiger charge is -2.37. The van der Waals surface area contributed by atoms with Crippen LogP contribution in [-0.4, -0.2) is 14.1 Å². The van der Waals surface area contributed by atoms with Crippen LogP contribution >= 0.6 is 0 Å².